The van der Waals surface area contributed by atoms with Crippen molar-refractivity contribution in [1.29, 1.82) is 0 Å². The predicted octanol–water partition coefficient (Wildman–Crippen LogP) is 2.77. The van der Waals surface area contributed by atoms with Crippen LogP contribution in [0.2, 0.25) is 0 Å². The van der Waals surface area contributed by atoms with Gasteiger partial charge in [0.25, 0.3) is 5.91 Å². The maximum atomic E-state index is 13.4. The molecule has 7 heteroatoms. The SMILES string of the molecule is CCCCC(CN)NC(=O)c1ccc(F)c(F)c1F.Cl. The highest BCUT2D eigenvalue weighted by Crippen LogP contribution is 2.15. The molecule has 0 saturated carbocycles. The minimum absolute atomic E-state index is 0. The largest absolute Gasteiger partial charge is 0.348 e. The maximum Gasteiger partial charge on any atom is 0.254 e. The van der Waals surface area contributed by atoms with Crippen LogP contribution in [0.1, 0.15) is 36.5 Å². The first-order valence-electron chi connectivity index (χ1n) is 6.15. The van der Waals surface area contributed by atoms with Crippen LogP contribution in [0, 0.1) is 17.5 Å². The van der Waals surface area contributed by atoms with E-state index in [1.807, 2.05) is 6.92 Å². The van der Waals surface area contributed by atoms with Crippen molar-refractivity contribution in [2.45, 2.75) is 32.2 Å². The summed E-state index contributed by atoms with van der Waals surface area (Å²) in [5.41, 5.74) is 4.97. The van der Waals surface area contributed by atoms with Gasteiger partial charge in [0.05, 0.1) is 5.56 Å². The number of hydrogen-bond acceptors (Lipinski definition) is 2. The molecule has 0 aliphatic heterocycles. The Labute approximate surface area is 122 Å². The van der Waals surface area contributed by atoms with Gasteiger partial charge in [0, 0.05) is 12.6 Å². The first-order chi connectivity index (χ1) is 9.01. The van der Waals surface area contributed by atoms with Crippen LogP contribution in [-0.4, -0.2) is 18.5 Å². The van der Waals surface area contributed by atoms with E-state index < -0.39 is 28.9 Å². The van der Waals surface area contributed by atoms with Crippen LogP contribution < -0.4 is 11.1 Å². The molecule has 1 rings (SSSR count). The summed E-state index contributed by atoms with van der Waals surface area (Å²) in [5, 5.41) is 2.51. The van der Waals surface area contributed by atoms with Crippen LogP contribution >= 0.6 is 12.4 Å². The fourth-order valence-electron chi connectivity index (χ4n) is 1.66. The average Bonchev–Trinajstić information content (AvgIpc) is 2.40. The van der Waals surface area contributed by atoms with Gasteiger partial charge in [-0.15, -0.1) is 12.4 Å². The van der Waals surface area contributed by atoms with E-state index in [0.717, 1.165) is 25.0 Å². The van der Waals surface area contributed by atoms with Gasteiger partial charge in [-0.2, -0.15) is 0 Å². The number of nitrogens with two attached hydrogens (primary N) is 1. The van der Waals surface area contributed by atoms with Crippen molar-refractivity contribution in [2.24, 2.45) is 5.73 Å². The van der Waals surface area contributed by atoms with E-state index in [4.69, 9.17) is 5.73 Å². The van der Waals surface area contributed by atoms with E-state index in [1.54, 1.807) is 0 Å². The van der Waals surface area contributed by atoms with Gasteiger partial charge in [0.2, 0.25) is 0 Å². The van der Waals surface area contributed by atoms with E-state index in [9.17, 15) is 18.0 Å². The van der Waals surface area contributed by atoms with Crippen LogP contribution in [0.5, 0.6) is 0 Å². The molecule has 3 nitrogen and oxygen atoms in total. The second-order valence-electron chi connectivity index (χ2n) is 4.27. The number of unbranched alkanes of at least 4 members (excludes halogenated alkanes) is 1. The molecular formula is C13H18ClF3N2O. The van der Waals surface area contributed by atoms with E-state index in [2.05, 4.69) is 5.32 Å². The Morgan fingerprint density at radius 3 is 2.50 bits per heavy atom. The molecule has 1 unspecified atom stereocenters. The number of hydrogen-bond donors (Lipinski definition) is 2. The topological polar surface area (TPSA) is 55.1 Å². The number of carbonyl (C=O) groups is 1. The summed E-state index contributed by atoms with van der Waals surface area (Å²) < 4.78 is 39.2. The lowest BCUT2D eigenvalue weighted by atomic mass is 10.1. The normalized spacial score (nSPS) is 11.7. The molecule has 3 N–H and O–H groups in total. The smallest absolute Gasteiger partial charge is 0.254 e. The van der Waals surface area contributed by atoms with Crippen molar-refractivity contribution >= 4 is 18.3 Å². The quantitative estimate of drug-likeness (QED) is 0.794. The molecule has 0 aromatic heterocycles. The molecule has 0 bridgehead atoms. The van der Waals surface area contributed by atoms with Gasteiger partial charge in [0.15, 0.2) is 17.5 Å². The predicted molar refractivity (Wildman–Crippen MR) is 73.4 cm³/mol. The third-order valence-electron chi connectivity index (χ3n) is 2.81. The van der Waals surface area contributed by atoms with Gasteiger partial charge in [-0.3, -0.25) is 4.79 Å². The fourth-order valence-corrected chi connectivity index (χ4v) is 1.66. The Morgan fingerprint density at radius 1 is 1.30 bits per heavy atom. The van der Waals surface area contributed by atoms with Gasteiger partial charge in [0.1, 0.15) is 0 Å². The van der Waals surface area contributed by atoms with E-state index >= 15 is 0 Å². The van der Waals surface area contributed by atoms with Crippen LogP contribution in [0.25, 0.3) is 0 Å². The zero-order valence-corrected chi connectivity index (χ0v) is 11.9. The summed E-state index contributed by atoms with van der Waals surface area (Å²) in [7, 11) is 0. The molecule has 114 valence electrons. The number of rotatable bonds is 6. The first kappa shape index (κ1) is 18.7. The Balaban J connectivity index is 0.00000361. The van der Waals surface area contributed by atoms with Crippen LogP contribution in [0.4, 0.5) is 13.2 Å². The molecule has 0 spiro atoms. The van der Waals surface area contributed by atoms with Gasteiger partial charge in [-0.25, -0.2) is 13.2 Å². The van der Waals surface area contributed by atoms with Crippen LogP contribution in [-0.2, 0) is 0 Å². The molecular weight excluding hydrogens is 293 g/mol. The number of amides is 1. The van der Waals surface area contributed by atoms with Crippen molar-refractivity contribution in [3.05, 3.63) is 35.1 Å². The van der Waals surface area contributed by atoms with Crippen molar-refractivity contribution in [2.75, 3.05) is 6.54 Å². The molecule has 0 aliphatic rings. The molecule has 0 aliphatic carbocycles. The standard InChI is InChI=1S/C13H17F3N2O.ClH/c1-2-3-4-8(7-17)18-13(19)9-5-6-10(14)12(16)11(9)15;/h5-6,8H,2-4,7,17H2,1H3,(H,18,19);1H. The van der Waals surface area contributed by atoms with Gasteiger partial charge in [-0.05, 0) is 18.6 Å². The third kappa shape index (κ3) is 4.68. The molecule has 0 radical (unpaired) electrons. The summed E-state index contributed by atoms with van der Waals surface area (Å²) in [4.78, 5) is 11.8. The lowest BCUT2D eigenvalue weighted by Gasteiger charge is -2.16. The highest BCUT2D eigenvalue weighted by Gasteiger charge is 2.20. The Kier molecular flexibility index (Phi) is 8.25. The maximum absolute atomic E-state index is 13.4. The zero-order valence-electron chi connectivity index (χ0n) is 11.1. The van der Waals surface area contributed by atoms with Gasteiger partial charge < -0.3 is 11.1 Å². The van der Waals surface area contributed by atoms with Crippen molar-refractivity contribution in [3.63, 3.8) is 0 Å². The molecule has 1 amide bonds. The number of carbonyl (C=O) groups excluding carboxylic acids is 1. The van der Waals surface area contributed by atoms with Crippen molar-refractivity contribution in [3.8, 4) is 0 Å². The van der Waals surface area contributed by atoms with E-state index in [0.29, 0.717) is 6.42 Å². The molecule has 20 heavy (non-hydrogen) atoms. The Bertz CT molecular complexity index is 457. The third-order valence-corrected chi connectivity index (χ3v) is 2.81. The Morgan fingerprint density at radius 2 is 1.95 bits per heavy atom. The average molecular weight is 311 g/mol. The van der Waals surface area contributed by atoms with E-state index in [-0.39, 0.29) is 25.0 Å². The van der Waals surface area contributed by atoms with Crippen molar-refractivity contribution < 1.29 is 18.0 Å². The second kappa shape index (κ2) is 8.81. The summed E-state index contributed by atoms with van der Waals surface area (Å²) in [6.45, 7) is 2.20. The highest BCUT2D eigenvalue weighted by atomic mass is 35.5. The summed E-state index contributed by atoms with van der Waals surface area (Å²) in [6, 6.07) is 1.33. The Hall–Kier alpha value is -1.27. The van der Waals surface area contributed by atoms with E-state index in [1.165, 1.54) is 0 Å². The minimum Gasteiger partial charge on any atom is -0.348 e. The molecule has 1 atom stereocenters. The molecule has 0 saturated heterocycles. The monoisotopic (exact) mass is 310 g/mol. The van der Waals surface area contributed by atoms with Crippen LogP contribution in [0.3, 0.4) is 0 Å². The first-order valence-corrected chi connectivity index (χ1v) is 6.15. The van der Waals surface area contributed by atoms with Crippen LogP contribution in [0.15, 0.2) is 12.1 Å². The fraction of sp³-hybridized carbons (Fsp3) is 0.462. The molecule has 0 fully saturated rings. The minimum atomic E-state index is -1.65. The molecule has 0 heterocycles. The summed E-state index contributed by atoms with van der Waals surface area (Å²) >= 11 is 0. The lowest BCUT2D eigenvalue weighted by Crippen LogP contribution is -2.40. The number of nitrogens with one attached hydrogen (secondary N) is 1. The molecule has 1 aromatic rings. The molecule has 1 aromatic carbocycles. The summed E-state index contributed by atoms with van der Waals surface area (Å²) in [6.07, 6.45) is 2.46. The summed E-state index contributed by atoms with van der Waals surface area (Å²) in [5.74, 6) is -5.24. The van der Waals surface area contributed by atoms with Gasteiger partial charge >= 0.3 is 0 Å². The van der Waals surface area contributed by atoms with Gasteiger partial charge in [-0.1, -0.05) is 19.8 Å². The number of benzene rings is 1. The second-order valence-corrected chi connectivity index (χ2v) is 4.27. The lowest BCUT2D eigenvalue weighted by molar-refractivity contribution is 0.0930. The number of halogens is 4. The van der Waals surface area contributed by atoms with Crippen molar-refractivity contribution in [1.82, 2.24) is 5.32 Å². The highest BCUT2D eigenvalue weighted by molar-refractivity contribution is 5.94. The zero-order chi connectivity index (χ0) is 14.4.